The normalized spacial score (nSPS) is 11.6. The highest BCUT2D eigenvalue weighted by molar-refractivity contribution is 5.73. The number of hydrogen-bond acceptors (Lipinski definition) is 4. The zero-order valence-corrected chi connectivity index (χ0v) is 13.1. The average Bonchev–Trinajstić information content (AvgIpc) is 2.55. The molecule has 0 bridgehead atoms. The van der Waals surface area contributed by atoms with Gasteiger partial charge in [0.25, 0.3) is 0 Å². The molecule has 2 aromatic rings. The molecular formula is C16H19FN4O2. The van der Waals surface area contributed by atoms with Gasteiger partial charge >= 0.3 is 6.03 Å². The third-order valence-electron chi connectivity index (χ3n) is 3.05. The van der Waals surface area contributed by atoms with E-state index < -0.39 is 0 Å². The molecule has 0 saturated carbocycles. The van der Waals surface area contributed by atoms with Crippen molar-refractivity contribution in [1.82, 2.24) is 20.2 Å². The van der Waals surface area contributed by atoms with Gasteiger partial charge in [0.05, 0.1) is 25.0 Å². The quantitative estimate of drug-likeness (QED) is 0.887. The Kier molecular flexibility index (Phi) is 5.85. The van der Waals surface area contributed by atoms with Crippen LogP contribution < -0.4 is 10.1 Å². The number of ether oxygens (including phenoxy) is 1. The summed E-state index contributed by atoms with van der Waals surface area (Å²) in [4.78, 5) is 21.6. The Balaban J connectivity index is 1.75. The third-order valence-corrected chi connectivity index (χ3v) is 3.05. The summed E-state index contributed by atoms with van der Waals surface area (Å²) in [5.74, 6) is 0.241. The molecule has 0 aliphatic rings. The summed E-state index contributed by atoms with van der Waals surface area (Å²) in [6.45, 7) is 2.53. The van der Waals surface area contributed by atoms with Gasteiger partial charge in [0.1, 0.15) is 17.7 Å². The summed E-state index contributed by atoms with van der Waals surface area (Å²) in [6, 6.07) is 5.52. The largest absolute Gasteiger partial charge is 0.489 e. The molecule has 1 atom stereocenters. The minimum atomic E-state index is -0.316. The van der Waals surface area contributed by atoms with Crippen LogP contribution in [0.25, 0.3) is 0 Å². The van der Waals surface area contributed by atoms with Gasteiger partial charge in [-0.25, -0.2) is 9.18 Å². The fraction of sp³-hybridized carbons (Fsp3) is 0.312. The molecule has 1 N–H and O–H groups in total. The van der Waals surface area contributed by atoms with Crippen LogP contribution in [0.4, 0.5) is 9.18 Å². The predicted molar refractivity (Wildman–Crippen MR) is 83.4 cm³/mol. The lowest BCUT2D eigenvalue weighted by Gasteiger charge is -2.20. The van der Waals surface area contributed by atoms with E-state index in [1.807, 2.05) is 6.92 Å². The molecular weight excluding hydrogens is 299 g/mol. The van der Waals surface area contributed by atoms with Crippen LogP contribution in [0.3, 0.4) is 0 Å². The number of aromatic nitrogens is 2. The number of carbonyl (C=O) groups is 1. The molecule has 1 aromatic carbocycles. The van der Waals surface area contributed by atoms with Gasteiger partial charge in [0.15, 0.2) is 0 Å². The topological polar surface area (TPSA) is 67.4 Å². The first kappa shape index (κ1) is 16.7. The number of nitrogens with zero attached hydrogens (tertiary/aromatic N) is 3. The molecule has 0 aliphatic heterocycles. The monoisotopic (exact) mass is 318 g/mol. The highest BCUT2D eigenvalue weighted by atomic mass is 19.1. The molecule has 2 rings (SSSR count). The summed E-state index contributed by atoms with van der Waals surface area (Å²) < 4.78 is 18.4. The number of rotatable bonds is 6. The van der Waals surface area contributed by atoms with E-state index in [4.69, 9.17) is 4.74 Å². The average molecular weight is 318 g/mol. The van der Waals surface area contributed by atoms with Crippen LogP contribution in [0.2, 0.25) is 0 Å². The van der Waals surface area contributed by atoms with Gasteiger partial charge in [0.2, 0.25) is 0 Å². The van der Waals surface area contributed by atoms with Crippen molar-refractivity contribution in [2.24, 2.45) is 0 Å². The fourth-order valence-corrected chi connectivity index (χ4v) is 1.88. The van der Waals surface area contributed by atoms with Crippen LogP contribution in [0, 0.1) is 5.82 Å². The third kappa shape index (κ3) is 5.54. The Bertz CT molecular complexity index is 622. The van der Waals surface area contributed by atoms with Gasteiger partial charge in [-0.05, 0) is 31.2 Å². The Morgan fingerprint density at radius 2 is 2.09 bits per heavy atom. The zero-order chi connectivity index (χ0) is 16.7. The van der Waals surface area contributed by atoms with E-state index in [-0.39, 0.29) is 18.0 Å². The summed E-state index contributed by atoms with van der Waals surface area (Å²) in [6.07, 6.45) is 4.54. The summed E-state index contributed by atoms with van der Waals surface area (Å²) >= 11 is 0. The van der Waals surface area contributed by atoms with E-state index in [2.05, 4.69) is 15.3 Å². The van der Waals surface area contributed by atoms with Crippen molar-refractivity contribution >= 4 is 6.03 Å². The van der Waals surface area contributed by atoms with Crippen molar-refractivity contribution in [3.8, 4) is 5.75 Å². The molecule has 0 unspecified atom stereocenters. The van der Waals surface area contributed by atoms with E-state index >= 15 is 0 Å². The second-order valence-electron chi connectivity index (χ2n) is 5.12. The standard InChI is InChI=1S/C16H19FN4O2/c1-12(23-15-5-3-13(17)4-6-15)9-20-16(22)21(2)11-14-10-18-7-8-19-14/h3-8,10,12H,9,11H2,1-2H3,(H,20,22)/t12-/m0/s1. The second-order valence-corrected chi connectivity index (χ2v) is 5.12. The number of hydrogen-bond donors (Lipinski definition) is 1. The molecule has 0 radical (unpaired) electrons. The lowest BCUT2D eigenvalue weighted by atomic mass is 10.3. The number of benzene rings is 1. The zero-order valence-electron chi connectivity index (χ0n) is 13.1. The predicted octanol–water partition coefficient (Wildman–Crippen LogP) is 2.22. The first-order valence-corrected chi connectivity index (χ1v) is 7.20. The van der Waals surface area contributed by atoms with Crippen molar-refractivity contribution in [2.45, 2.75) is 19.6 Å². The van der Waals surface area contributed by atoms with Crippen molar-refractivity contribution in [3.05, 3.63) is 54.4 Å². The molecule has 1 heterocycles. The van der Waals surface area contributed by atoms with Crippen molar-refractivity contribution in [2.75, 3.05) is 13.6 Å². The van der Waals surface area contributed by atoms with Crippen LogP contribution in [0.1, 0.15) is 12.6 Å². The van der Waals surface area contributed by atoms with E-state index in [1.54, 1.807) is 37.8 Å². The molecule has 0 saturated heterocycles. The van der Waals surface area contributed by atoms with Crippen molar-refractivity contribution in [3.63, 3.8) is 0 Å². The van der Waals surface area contributed by atoms with Crippen LogP contribution in [-0.4, -0.2) is 40.6 Å². The molecule has 7 heteroatoms. The fourth-order valence-electron chi connectivity index (χ4n) is 1.88. The maximum absolute atomic E-state index is 12.8. The summed E-state index contributed by atoms with van der Waals surface area (Å²) in [5.41, 5.74) is 0.709. The van der Waals surface area contributed by atoms with E-state index in [0.717, 1.165) is 0 Å². The van der Waals surface area contributed by atoms with Crippen molar-refractivity contribution in [1.29, 1.82) is 0 Å². The molecule has 23 heavy (non-hydrogen) atoms. The van der Waals surface area contributed by atoms with Crippen LogP contribution in [0.5, 0.6) is 5.75 Å². The number of urea groups is 1. The molecule has 2 amide bonds. The molecule has 6 nitrogen and oxygen atoms in total. The van der Waals surface area contributed by atoms with Gasteiger partial charge < -0.3 is 15.0 Å². The first-order valence-electron chi connectivity index (χ1n) is 7.20. The minimum Gasteiger partial charge on any atom is -0.489 e. The maximum Gasteiger partial charge on any atom is 0.317 e. The molecule has 122 valence electrons. The van der Waals surface area contributed by atoms with Gasteiger partial charge in [-0.2, -0.15) is 0 Å². The Morgan fingerprint density at radius 3 is 2.74 bits per heavy atom. The lowest BCUT2D eigenvalue weighted by molar-refractivity contribution is 0.188. The smallest absolute Gasteiger partial charge is 0.317 e. The van der Waals surface area contributed by atoms with Gasteiger partial charge in [-0.15, -0.1) is 0 Å². The van der Waals surface area contributed by atoms with Crippen LogP contribution >= 0.6 is 0 Å². The van der Waals surface area contributed by atoms with E-state index in [0.29, 0.717) is 24.5 Å². The first-order chi connectivity index (χ1) is 11.0. The summed E-state index contributed by atoms with van der Waals surface area (Å²) in [5, 5.41) is 2.77. The maximum atomic E-state index is 12.8. The number of nitrogens with one attached hydrogen (secondary N) is 1. The Hall–Kier alpha value is -2.70. The number of halogens is 1. The minimum absolute atomic E-state index is 0.231. The molecule has 0 aliphatic carbocycles. The number of carbonyl (C=O) groups excluding carboxylic acids is 1. The van der Waals surface area contributed by atoms with Crippen LogP contribution in [-0.2, 0) is 6.54 Å². The number of amides is 2. The van der Waals surface area contributed by atoms with Gasteiger partial charge in [-0.1, -0.05) is 0 Å². The molecule has 1 aromatic heterocycles. The van der Waals surface area contributed by atoms with E-state index in [1.165, 1.54) is 17.0 Å². The highest BCUT2D eigenvalue weighted by Crippen LogP contribution is 2.12. The Morgan fingerprint density at radius 1 is 1.35 bits per heavy atom. The molecule has 0 spiro atoms. The molecule has 0 fully saturated rings. The van der Waals surface area contributed by atoms with Crippen LogP contribution in [0.15, 0.2) is 42.9 Å². The van der Waals surface area contributed by atoms with Gasteiger partial charge in [0, 0.05) is 19.4 Å². The van der Waals surface area contributed by atoms with Gasteiger partial charge in [-0.3, -0.25) is 9.97 Å². The van der Waals surface area contributed by atoms with Crippen molar-refractivity contribution < 1.29 is 13.9 Å². The Labute approximate surface area is 134 Å². The lowest BCUT2D eigenvalue weighted by Crippen LogP contribution is -2.41. The highest BCUT2D eigenvalue weighted by Gasteiger charge is 2.12. The SMILES string of the molecule is C[C@@H](CNC(=O)N(C)Cc1cnccn1)Oc1ccc(F)cc1. The summed E-state index contributed by atoms with van der Waals surface area (Å²) in [7, 11) is 1.68. The second kappa shape index (κ2) is 8.07. The van der Waals surface area contributed by atoms with E-state index in [9.17, 15) is 9.18 Å².